The smallest absolute Gasteiger partial charge is 0.234 e. The van der Waals surface area contributed by atoms with Gasteiger partial charge in [-0.15, -0.1) is 6.58 Å². The van der Waals surface area contributed by atoms with Crippen LogP contribution in [0, 0.1) is 18.8 Å². The third-order valence-corrected chi connectivity index (χ3v) is 5.61. The van der Waals surface area contributed by atoms with E-state index in [1.54, 1.807) is 11.0 Å². The Morgan fingerprint density at radius 3 is 2.76 bits per heavy atom. The Labute approximate surface area is 146 Å². The van der Waals surface area contributed by atoms with Crippen molar-refractivity contribution in [3.63, 3.8) is 0 Å². The van der Waals surface area contributed by atoms with Crippen molar-refractivity contribution in [1.82, 2.24) is 0 Å². The van der Waals surface area contributed by atoms with Crippen molar-refractivity contribution < 1.29 is 19.4 Å². The summed E-state index contributed by atoms with van der Waals surface area (Å²) in [6.45, 7) is 7.84. The number of benzene rings is 1. The van der Waals surface area contributed by atoms with Gasteiger partial charge in [0.15, 0.2) is 0 Å². The van der Waals surface area contributed by atoms with E-state index in [2.05, 4.69) is 6.58 Å². The molecule has 5 heteroatoms. The first-order valence-electron chi connectivity index (χ1n) is 8.48. The fourth-order valence-electron chi connectivity index (χ4n) is 4.62. The van der Waals surface area contributed by atoms with Crippen LogP contribution in [0.1, 0.15) is 18.9 Å². The number of hydrogen-bond donors (Lipinski definition) is 0. The lowest BCUT2D eigenvalue weighted by Gasteiger charge is -2.34. The summed E-state index contributed by atoms with van der Waals surface area (Å²) in [4.78, 5) is 26.7. The zero-order valence-electron chi connectivity index (χ0n) is 14.3. The molecule has 0 saturated carbocycles. The molecule has 1 spiro atoms. The summed E-state index contributed by atoms with van der Waals surface area (Å²) >= 11 is 0. The number of hydrogen-bond acceptors (Lipinski definition) is 4. The summed E-state index contributed by atoms with van der Waals surface area (Å²) in [6.07, 6.45) is 3.60. The molecule has 5 nitrogen and oxygen atoms in total. The van der Waals surface area contributed by atoms with Gasteiger partial charge in [0, 0.05) is 17.6 Å². The van der Waals surface area contributed by atoms with E-state index in [1.807, 2.05) is 44.2 Å². The topological polar surface area (TPSA) is 69.7 Å². The number of nitrogens with zero attached hydrogens (tertiary/aromatic N) is 1. The molecule has 1 aromatic rings. The quantitative estimate of drug-likeness (QED) is 0.778. The maximum absolute atomic E-state index is 13.3. The third-order valence-electron chi connectivity index (χ3n) is 5.61. The van der Waals surface area contributed by atoms with Gasteiger partial charge >= 0.3 is 0 Å². The average molecular weight is 338 g/mol. The molecule has 3 heterocycles. The fourth-order valence-corrected chi connectivity index (χ4v) is 4.62. The Morgan fingerprint density at radius 2 is 2.12 bits per heavy atom. The normalized spacial score (nSPS) is 35.3. The average Bonchev–Trinajstić information content (AvgIpc) is 3.18. The molecule has 5 atom stereocenters. The molecule has 2 saturated heterocycles. The van der Waals surface area contributed by atoms with Crippen LogP contribution in [0.5, 0.6) is 0 Å². The molecule has 1 amide bonds. The minimum absolute atomic E-state index is 0.207. The van der Waals surface area contributed by atoms with Crippen molar-refractivity contribution in [2.45, 2.75) is 38.0 Å². The molecular formula is C20H20NO4-. The number of carbonyl (C=O) groups excluding carboxylic acids is 2. The molecule has 3 aliphatic rings. The van der Waals surface area contributed by atoms with Crippen molar-refractivity contribution in [3.8, 4) is 0 Å². The monoisotopic (exact) mass is 338 g/mol. The van der Waals surface area contributed by atoms with Crippen LogP contribution in [0.3, 0.4) is 0 Å². The highest BCUT2D eigenvalue weighted by molar-refractivity contribution is 6.03. The molecule has 25 heavy (non-hydrogen) atoms. The first kappa shape index (κ1) is 16.1. The van der Waals surface area contributed by atoms with Crippen LogP contribution in [0.4, 0.5) is 5.69 Å². The highest BCUT2D eigenvalue weighted by Crippen LogP contribution is 2.56. The van der Waals surface area contributed by atoms with Crippen LogP contribution >= 0.6 is 0 Å². The molecule has 3 aliphatic heterocycles. The van der Waals surface area contributed by atoms with Gasteiger partial charge in [-0.25, -0.2) is 0 Å². The first-order valence-corrected chi connectivity index (χ1v) is 8.48. The second-order valence-corrected chi connectivity index (χ2v) is 7.29. The third kappa shape index (κ3) is 2.05. The summed E-state index contributed by atoms with van der Waals surface area (Å²) < 4.78 is 6.10. The second kappa shape index (κ2) is 5.30. The number of rotatable bonds is 4. The SMILES string of the molecule is C=C(C)C[C@@H]1N(c2ccccc2C)C(=O)[C@@H]2[C@@H](C(=O)[O-])[C@@H]3C=C[C@]21O3. The first-order chi connectivity index (χ1) is 11.9. The van der Waals surface area contributed by atoms with Crippen LogP contribution in [0.2, 0.25) is 0 Å². The number of carbonyl (C=O) groups is 2. The van der Waals surface area contributed by atoms with E-state index in [9.17, 15) is 14.7 Å². The standard InChI is InChI=1S/C20H21NO4/c1-11(2)10-15-20-9-8-14(25-20)16(19(23)24)17(20)18(22)21(15)13-7-5-4-6-12(13)3/h4-9,14-17H,1,10H2,2-3H3,(H,23,24)/p-1/t14-,15-,16-,17-,20+/m0/s1. The van der Waals surface area contributed by atoms with E-state index in [1.165, 1.54) is 0 Å². The van der Waals surface area contributed by atoms with Crippen molar-refractivity contribution in [1.29, 1.82) is 0 Å². The molecule has 0 N–H and O–H groups in total. The van der Waals surface area contributed by atoms with Gasteiger partial charge in [0.25, 0.3) is 0 Å². The largest absolute Gasteiger partial charge is 0.550 e. The van der Waals surface area contributed by atoms with Gasteiger partial charge in [-0.2, -0.15) is 0 Å². The number of fused-ring (bicyclic) bond motifs is 1. The van der Waals surface area contributed by atoms with Gasteiger partial charge in [-0.1, -0.05) is 35.9 Å². The minimum atomic E-state index is -1.23. The summed E-state index contributed by atoms with van der Waals surface area (Å²) in [5.74, 6) is -3.13. The lowest BCUT2D eigenvalue weighted by atomic mass is 9.74. The molecule has 130 valence electrons. The van der Waals surface area contributed by atoms with Gasteiger partial charge in [-0.05, 0) is 31.9 Å². The van der Waals surface area contributed by atoms with Crippen LogP contribution < -0.4 is 10.0 Å². The van der Waals surface area contributed by atoms with E-state index in [-0.39, 0.29) is 11.9 Å². The fraction of sp³-hybridized carbons (Fsp3) is 0.400. The Hall–Kier alpha value is -2.40. The van der Waals surface area contributed by atoms with Crippen LogP contribution in [0.25, 0.3) is 0 Å². The summed E-state index contributed by atoms with van der Waals surface area (Å²) in [7, 11) is 0. The van der Waals surface area contributed by atoms with E-state index in [0.29, 0.717) is 6.42 Å². The summed E-state index contributed by atoms with van der Waals surface area (Å²) in [5.41, 5.74) is 1.75. The van der Waals surface area contributed by atoms with E-state index < -0.39 is 29.5 Å². The predicted octanol–water partition coefficient (Wildman–Crippen LogP) is 1.37. The van der Waals surface area contributed by atoms with Gasteiger partial charge in [0.1, 0.15) is 5.60 Å². The van der Waals surface area contributed by atoms with Crippen molar-refractivity contribution in [2.24, 2.45) is 11.8 Å². The molecule has 0 aliphatic carbocycles. The van der Waals surface area contributed by atoms with E-state index in [4.69, 9.17) is 4.74 Å². The van der Waals surface area contributed by atoms with Crippen LogP contribution in [-0.4, -0.2) is 29.6 Å². The lowest BCUT2D eigenvalue weighted by molar-refractivity contribution is -0.313. The van der Waals surface area contributed by atoms with Crippen LogP contribution in [-0.2, 0) is 14.3 Å². The molecule has 0 radical (unpaired) electrons. The Balaban J connectivity index is 1.87. The van der Waals surface area contributed by atoms with E-state index in [0.717, 1.165) is 16.8 Å². The van der Waals surface area contributed by atoms with Crippen molar-refractivity contribution in [2.75, 3.05) is 4.90 Å². The molecule has 2 fully saturated rings. The second-order valence-electron chi connectivity index (χ2n) is 7.29. The Kier molecular flexibility index (Phi) is 3.41. The molecule has 0 aromatic heterocycles. The zero-order valence-corrected chi connectivity index (χ0v) is 14.3. The highest BCUT2D eigenvalue weighted by Gasteiger charge is 2.69. The number of para-hydroxylation sites is 1. The summed E-state index contributed by atoms with van der Waals surface area (Å²) in [5, 5.41) is 11.7. The van der Waals surface area contributed by atoms with Crippen molar-refractivity contribution >= 4 is 17.6 Å². The molecule has 1 aromatic carbocycles. The molecule has 0 unspecified atom stereocenters. The Morgan fingerprint density at radius 1 is 1.40 bits per heavy atom. The van der Waals surface area contributed by atoms with Gasteiger partial charge in [0.05, 0.1) is 18.1 Å². The summed E-state index contributed by atoms with van der Waals surface area (Å²) in [6, 6.07) is 7.31. The zero-order chi connectivity index (χ0) is 17.9. The maximum atomic E-state index is 13.3. The highest BCUT2D eigenvalue weighted by atomic mass is 16.5. The number of carboxylic acid groups (broad SMARTS) is 1. The number of aryl methyl sites for hydroxylation is 1. The van der Waals surface area contributed by atoms with E-state index >= 15 is 0 Å². The van der Waals surface area contributed by atoms with Crippen molar-refractivity contribution in [3.05, 3.63) is 54.1 Å². The van der Waals surface area contributed by atoms with Crippen LogP contribution in [0.15, 0.2) is 48.6 Å². The molecule has 2 bridgehead atoms. The maximum Gasteiger partial charge on any atom is 0.234 e. The minimum Gasteiger partial charge on any atom is -0.550 e. The Bertz CT molecular complexity index is 814. The van der Waals surface area contributed by atoms with Gasteiger partial charge < -0.3 is 19.5 Å². The molecule has 4 rings (SSSR count). The molecular weight excluding hydrogens is 318 g/mol. The lowest BCUT2D eigenvalue weighted by Crippen LogP contribution is -2.46. The van der Waals surface area contributed by atoms with Gasteiger partial charge in [-0.3, -0.25) is 4.79 Å². The predicted molar refractivity (Wildman–Crippen MR) is 90.6 cm³/mol. The number of ether oxygens (including phenoxy) is 1. The van der Waals surface area contributed by atoms with Gasteiger partial charge in [0.2, 0.25) is 5.91 Å². The number of anilines is 1. The number of carboxylic acids is 1. The number of aliphatic carboxylic acids is 1. The number of amides is 1.